The molecule has 0 aliphatic carbocycles. The maximum Gasteiger partial charge on any atom is 0.172 e. The van der Waals surface area contributed by atoms with Crippen LogP contribution in [0.3, 0.4) is 0 Å². The molecule has 600 valence electrons. The Labute approximate surface area is 640 Å². The van der Waals surface area contributed by atoms with Crippen LogP contribution >= 0.6 is 0 Å². The molecule has 0 aromatic carbocycles. The summed E-state index contributed by atoms with van der Waals surface area (Å²) in [5.41, 5.74) is 4.74. The number of hydrogen-bond donors (Lipinski definition) is 2. The Morgan fingerprint density at radius 2 is 1.16 bits per heavy atom. The van der Waals surface area contributed by atoms with E-state index in [0.717, 1.165) is 154 Å². The summed E-state index contributed by atoms with van der Waals surface area (Å²) in [4.78, 5) is 0. The van der Waals surface area contributed by atoms with E-state index >= 15 is 0 Å². The summed E-state index contributed by atoms with van der Waals surface area (Å²) in [6.07, 6.45) is 30.4. The first-order valence-electron chi connectivity index (χ1n) is 42.1. The van der Waals surface area contributed by atoms with Gasteiger partial charge in [0.05, 0.1) is 122 Å². The minimum atomic E-state index is -0.650. The van der Waals surface area contributed by atoms with Crippen molar-refractivity contribution in [2.75, 3.05) is 0 Å². The van der Waals surface area contributed by atoms with E-state index in [0.29, 0.717) is 48.3 Å². The third-order valence-electron chi connectivity index (χ3n) is 29.1. The summed E-state index contributed by atoms with van der Waals surface area (Å²) in [7, 11) is 0. The molecule has 0 saturated carbocycles. The first-order chi connectivity index (χ1) is 49.9. The molecule has 10 unspecified atom stereocenters. The summed E-state index contributed by atoms with van der Waals surface area (Å²) >= 11 is 0. The van der Waals surface area contributed by atoms with Gasteiger partial charge in [0.15, 0.2) is 11.6 Å². The van der Waals surface area contributed by atoms with Crippen molar-refractivity contribution in [3.63, 3.8) is 0 Å². The first kappa shape index (κ1) is 83.0. The molecule has 0 aromatic rings. The first-order valence-corrected chi connectivity index (χ1v) is 42.1. The van der Waals surface area contributed by atoms with Crippen LogP contribution in [-0.4, -0.2) is 180 Å². The number of ether oxygens (including phenoxy) is 14. The molecule has 16 nitrogen and oxygen atoms in total. The van der Waals surface area contributed by atoms with Crippen LogP contribution in [0, 0.1) is 59.2 Å². The molecule has 16 fully saturated rings. The fourth-order valence-corrected chi connectivity index (χ4v) is 22.1. The molecule has 17 rings (SSSR count). The molecule has 16 heteroatoms. The molecular weight excluding hydrogens is 1340 g/mol. The van der Waals surface area contributed by atoms with Crippen LogP contribution in [0.15, 0.2) is 86.1 Å². The molecular formula is C90H144O16. The predicted molar refractivity (Wildman–Crippen MR) is 415 cm³/mol. The van der Waals surface area contributed by atoms with Gasteiger partial charge in [0.2, 0.25) is 0 Å². The summed E-state index contributed by atoms with van der Waals surface area (Å²) in [5.74, 6) is 2.37. The third kappa shape index (κ3) is 17.4. The van der Waals surface area contributed by atoms with Crippen molar-refractivity contribution in [3.05, 3.63) is 86.1 Å². The maximum atomic E-state index is 11.5. The van der Waals surface area contributed by atoms with Crippen LogP contribution in [0.1, 0.15) is 251 Å². The molecule has 38 atom stereocenters. The lowest BCUT2D eigenvalue weighted by atomic mass is 9.78. The lowest BCUT2D eigenvalue weighted by molar-refractivity contribution is -0.263. The minimum absolute atomic E-state index is 0. The lowest BCUT2D eigenvalue weighted by Gasteiger charge is -2.42. The van der Waals surface area contributed by atoms with Crippen molar-refractivity contribution < 1.29 is 76.5 Å². The van der Waals surface area contributed by atoms with E-state index in [4.69, 9.17) is 66.3 Å². The highest BCUT2D eigenvalue weighted by Crippen LogP contribution is 2.57. The molecule has 0 aromatic heterocycles. The van der Waals surface area contributed by atoms with Crippen LogP contribution in [0.2, 0.25) is 0 Å². The van der Waals surface area contributed by atoms with Crippen LogP contribution in [0.25, 0.3) is 0 Å². The second-order valence-electron chi connectivity index (χ2n) is 36.4. The molecule has 17 heterocycles. The van der Waals surface area contributed by atoms with E-state index in [1.807, 2.05) is 12.2 Å². The van der Waals surface area contributed by atoms with E-state index in [1.165, 1.54) is 22.3 Å². The Balaban J connectivity index is 0.000000195. The highest BCUT2D eigenvalue weighted by molar-refractivity contribution is 5.18. The van der Waals surface area contributed by atoms with Gasteiger partial charge in [-0.1, -0.05) is 148 Å². The second kappa shape index (κ2) is 35.1. The fraction of sp³-hybridized carbons (Fsp3) is 0.844. The maximum absolute atomic E-state index is 11.5. The van der Waals surface area contributed by atoms with Gasteiger partial charge in [-0.25, -0.2) is 0 Å². The Hall–Kier alpha value is -2.46. The lowest BCUT2D eigenvalue weighted by Crippen LogP contribution is -2.54. The molecule has 0 radical (unpaired) electrons. The van der Waals surface area contributed by atoms with Crippen molar-refractivity contribution in [1.29, 1.82) is 0 Å². The molecule has 2 N–H and O–H groups in total. The Morgan fingerprint density at radius 1 is 0.519 bits per heavy atom. The quantitative estimate of drug-likeness (QED) is 0.110. The molecule has 17 aliphatic rings. The van der Waals surface area contributed by atoms with E-state index < -0.39 is 23.8 Å². The van der Waals surface area contributed by atoms with E-state index in [9.17, 15) is 10.2 Å². The van der Waals surface area contributed by atoms with Crippen molar-refractivity contribution in [3.8, 4) is 0 Å². The Bertz CT molecular complexity index is 3010. The molecule has 106 heavy (non-hydrogen) atoms. The second-order valence-corrected chi connectivity index (χ2v) is 36.4. The minimum Gasteiger partial charge on any atom is -0.393 e. The Kier molecular flexibility index (Phi) is 27.5. The van der Waals surface area contributed by atoms with Gasteiger partial charge >= 0.3 is 0 Å². The average molecular weight is 1480 g/mol. The number of aliphatic hydroxyl groups excluding tert-OH is 2. The van der Waals surface area contributed by atoms with Gasteiger partial charge in [-0.05, 0) is 185 Å². The number of fused-ring (bicyclic) bond motifs is 6. The van der Waals surface area contributed by atoms with Crippen molar-refractivity contribution in [2.45, 2.75) is 421 Å². The van der Waals surface area contributed by atoms with Gasteiger partial charge in [-0.15, -0.1) is 13.2 Å². The number of rotatable bonds is 20. The summed E-state index contributed by atoms with van der Waals surface area (Å²) < 4.78 is 94.7. The van der Waals surface area contributed by atoms with Gasteiger partial charge in [0.1, 0.15) is 36.6 Å². The van der Waals surface area contributed by atoms with Crippen molar-refractivity contribution >= 4 is 0 Å². The summed E-state index contributed by atoms with van der Waals surface area (Å²) in [6, 6.07) is 0. The normalized spacial score (nSPS) is 49.0. The number of aliphatic hydroxyl groups is 2. The zero-order valence-electron chi connectivity index (χ0n) is 65.3. The predicted octanol–water partition coefficient (Wildman–Crippen LogP) is 17.3. The fourth-order valence-electron chi connectivity index (χ4n) is 22.1. The van der Waals surface area contributed by atoms with Gasteiger partial charge in [-0.3, -0.25) is 0 Å². The topological polar surface area (TPSA) is 170 Å². The van der Waals surface area contributed by atoms with Crippen molar-refractivity contribution in [2.24, 2.45) is 59.2 Å². The average Bonchev–Trinajstić information content (AvgIpc) is 1.56. The SMILES string of the molecule is C.C.C=C1C[C@@H]2CC[C@@]34C[C@H]5O[C@H]6C(O3)[C@@H](C)[C@H](C/C=C/CC(O)C[C@H]3C(C[C@H]7O[C@@H](CCC1O2)C[C@@H](C)C7=C)O[C@H](C[C@H](C)CC)[C@@H]3C)O[C@H]6C5O4.C=CCC(O)C[C@H]1C(C[C@H]2O[C@@H](CCC3O[C@@H](CC[C@@]45C[C@H]6O[C@H]7C(O4)[C@@H](C)[C@H](CC=C)O[C@H]7C6O5)CC3=C)C[C@@H](C)C2=C)O[C@H](C[C@H](C)CC)[C@@H]1C. The largest absolute Gasteiger partial charge is 0.393 e. The van der Waals surface area contributed by atoms with Gasteiger partial charge < -0.3 is 76.5 Å². The molecule has 1 spiro atoms. The van der Waals surface area contributed by atoms with Gasteiger partial charge in [0, 0.05) is 50.4 Å². The van der Waals surface area contributed by atoms with E-state index in [1.54, 1.807) is 0 Å². The highest BCUT2D eigenvalue weighted by Gasteiger charge is 2.69. The van der Waals surface area contributed by atoms with E-state index in [-0.39, 0.29) is 185 Å². The molecule has 0 amide bonds. The standard InChI is InChI=1S/C45H70O8.C43H66O8.2CH4/c1-10-13-31(46)22-34-29(8)37(19-25(4)12-3)49-39(34)23-38-28(7)26(5)20-32(48-38)15-16-35-27(6)21-33(47-35)17-18-45-24-40-42(53-45)44-43(51-40)41(52-45)30(9)36(50-44)14-11-2;1-8-23(2)17-35-27(6)32-20-29(44)11-9-10-12-34-28(7)39-41-42(48-34)40-38(49-41)22-43(50-39,51-40)16-15-31-19-25(4)33(45-31)14-13-30-18-24(3)26(5)36(46-30)21-37(32)47-35;;/h10-11,25-26,29-44,46H,1-2,6-7,12-24H2,3-5,8-9H3;9-10,23-24,27-42,44H,4-5,8,11-22H2,1-3,6-7H3;2*1H4/b;10-9+;;/t25-,26-,29-,30+,31?,32+,33+,34-,35?,36+,37-,38-,39?,40-,41?,42?,43+,44+,45-;23-,24-,27-,28+,29?,30+,31+,32-,33?,34+,35-,36-,37?,38-,39?,40?,41+,42+,43-;;/m11../s1. The molecule has 16 saturated heterocycles. The van der Waals surface area contributed by atoms with Crippen LogP contribution in [0.5, 0.6) is 0 Å². The number of hydrogen-bond acceptors (Lipinski definition) is 16. The summed E-state index contributed by atoms with van der Waals surface area (Å²) in [6.45, 7) is 48.7. The molecule has 17 aliphatic heterocycles. The highest BCUT2D eigenvalue weighted by atomic mass is 16.8. The zero-order valence-corrected chi connectivity index (χ0v) is 65.3. The monoisotopic (exact) mass is 1480 g/mol. The van der Waals surface area contributed by atoms with Crippen LogP contribution in [0.4, 0.5) is 0 Å². The Morgan fingerprint density at radius 3 is 1.90 bits per heavy atom. The van der Waals surface area contributed by atoms with Crippen LogP contribution < -0.4 is 0 Å². The van der Waals surface area contributed by atoms with Gasteiger partial charge in [0.25, 0.3) is 0 Å². The summed E-state index contributed by atoms with van der Waals surface area (Å²) in [5, 5.41) is 22.3. The zero-order chi connectivity index (χ0) is 73.2. The molecule has 17 bridgehead atoms. The van der Waals surface area contributed by atoms with Crippen molar-refractivity contribution in [1.82, 2.24) is 0 Å². The smallest absolute Gasteiger partial charge is 0.172 e. The third-order valence-corrected chi connectivity index (χ3v) is 29.1. The van der Waals surface area contributed by atoms with Crippen LogP contribution in [-0.2, 0) is 66.3 Å². The van der Waals surface area contributed by atoms with Gasteiger partial charge in [-0.2, -0.15) is 0 Å². The van der Waals surface area contributed by atoms with E-state index in [2.05, 4.69) is 121 Å².